The Labute approximate surface area is 177 Å². The molecule has 0 atom stereocenters. The zero-order chi connectivity index (χ0) is 22.2. The number of amides is 2. The topological polar surface area (TPSA) is 90.7 Å². The Kier molecular flexibility index (Phi) is 7.16. The van der Waals surface area contributed by atoms with E-state index in [4.69, 9.17) is 10.5 Å². The van der Waals surface area contributed by atoms with Gasteiger partial charge in [-0.1, -0.05) is 36.4 Å². The van der Waals surface area contributed by atoms with Crippen molar-refractivity contribution in [1.82, 2.24) is 5.32 Å². The first-order valence-electron chi connectivity index (χ1n) is 9.35. The number of nitrogens with two attached hydrogens (primary N) is 1. The van der Waals surface area contributed by atoms with E-state index in [1.807, 2.05) is 0 Å². The van der Waals surface area contributed by atoms with Gasteiger partial charge in [0.1, 0.15) is 18.1 Å². The van der Waals surface area contributed by atoms with Gasteiger partial charge in [-0.05, 0) is 47.5 Å². The minimum absolute atomic E-state index is 0.0251. The van der Waals surface area contributed by atoms with Crippen LogP contribution in [-0.2, 0) is 13.2 Å². The molecule has 0 saturated carbocycles. The summed E-state index contributed by atoms with van der Waals surface area (Å²) in [4.78, 5) is 24.0. The fraction of sp³-hybridized carbons (Fsp3) is 0.130. The van der Waals surface area contributed by atoms with Crippen molar-refractivity contribution < 1.29 is 27.8 Å². The van der Waals surface area contributed by atoms with Crippen molar-refractivity contribution in [1.29, 1.82) is 0 Å². The van der Waals surface area contributed by atoms with E-state index in [0.29, 0.717) is 16.9 Å². The summed E-state index contributed by atoms with van der Waals surface area (Å²) in [6.45, 7) is -2.63. The van der Waals surface area contributed by atoms with Crippen LogP contribution in [0, 0.1) is 0 Å². The highest BCUT2D eigenvalue weighted by atomic mass is 19.3. The van der Waals surface area contributed by atoms with Gasteiger partial charge in [0.2, 0.25) is 0 Å². The monoisotopic (exact) mass is 426 g/mol. The van der Waals surface area contributed by atoms with Crippen LogP contribution < -0.4 is 20.5 Å². The standard InChI is InChI=1S/C23H20F2N2O4/c24-23(25)31-18-8-4-5-15(12-18)13-27-22(29)17-7-3-6-16(11-17)14-30-20-10-2-1-9-19(20)21(26)28/h1-12,23H,13-14H2,(H2,26,28)(H,27,29). The molecule has 0 radical (unpaired) electrons. The molecule has 3 aromatic carbocycles. The summed E-state index contributed by atoms with van der Waals surface area (Å²) in [5.74, 6) is -0.542. The average Bonchev–Trinajstić information content (AvgIpc) is 2.76. The number of halogens is 2. The number of alkyl halides is 2. The van der Waals surface area contributed by atoms with E-state index >= 15 is 0 Å². The molecule has 0 unspecified atom stereocenters. The summed E-state index contributed by atoms with van der Waals surface area (Å²) in [5.41, 5.74) is 7.37. The van der Waals surface area contributed by atoms with Gasteiger partial charge >= 0.3 is 6.61 Å². The molecule has 3 N–H and O–H groups in total. The molecule has 0 saturated heterocycles. The second kappa shape index (κ2) is 10.2. The number of rotatable bonds is 9. The van der Waals surface area contributed by atoms with Crippen LogP contribution in [0.1, 0.15) is 31.8 Å². The molecule has 0 aliphatic rings. The van der Waals surface area contributed by atoms with Crippen LogP contribution >= 0.6 is 0 Å². The molecule has 0 fully saturated rings. The van der Waals surface area contributed by atoms with E-state index in [0.717, 1.165) is 5.56 Å². The smallest absolute Gasteiger partial charge is 0.387 e. The van der Waals surface area contributed by atoms with Gasteiger partial charge in [0, 0.05) is 12.1 Å². The molecule has 0 aromatic heterocycles. The van der Waals surface area contributed by atoms with Crippen molar-refractivity contribution in [3.05, 3.63) is 95.1 Å². The Bertz CT molecular complexity index is 1070. The third-order valence-corrected chi connectivity index (χ3v) is 4.31. The van der Waals surface area contributed by atoms with Gasteiger partial charge in [0.25, 0.3) is 11.8 Å². The summed E-state index contributed by atoms with van der Waals surface area (Å²) in [7, 11) is 0. The van der Waals surface area contributed by atoms with E-state index in [2.05, 4.69) is 10.1 Å². The van der Waals surface area contributed by atoms with Gasteiger partial charge in [-0.15, -0.1) is 0 Å². The first-order valence-corrected chi connectivity index (χ1v) is 9.35. The molecule has 6 nitrogen and oxygen atoms in total. The fourth-order valence-electron chi connectivity index (χ4n) is 2.88. The zero-order valence-corrected chi connectivity index (χ0v) is 16.4. The number of para-hydroxylation sites is 1. The maximum atomic E-state index is 12.5. The minimum atomic E-state index is -2.91. The zero-order valence-electron chi connectivity index (χ0n) is 16.4. The normalized spacial score (nSPS) is 10.5. The van der Waals surface area contributed by atoms with E-state index in [1.54, 1.807) is 60.7 Å². The van der Waals surface area contributed by atoms with Crippen LogP contribution in [0.3, 0.4) is 0 Å². The van der Waals surface area contributed by atoms with Gasteiger partial charge in [-0.3, -0.25) is 9.59 Å². The maximum absolute atomic E-state index is 12.5. The van der Waals surface area contributed by atoms with Crippen molar-refractivity contribution in [3.8, 4) is 11.5 Å². The highest BCUT2D eigenvalue weighted by molar-refractivity contribution is 5.95. The summed E-state index contributed by atoms with van der Waals surface area (Å²) in [5, 5.41) is 2.74. The van der Waals surface area contributed by atoms with Crippen molar-refractivity contribution in [2.45, 2.75) is 19.8 Å². The molecule has 8 heteroatoms. The van der Waals surface area contributed by atoms with Crippen LogP contribution in [0.5, 0.6) is 11.5 Å². The first-order chi connectivity index (χ1) is 14.9. The van der Waals surface area contributed by atoms with Gasteiger partial charge in [0.05, 0.1) is 5.56 Å². The molecule has 3 rings (SSSR count). The van der Waals surface area contributed by atoms with Crippen LogP contribution in [0.15, 0.2) is 72.8 Å². The third-order valence-electron chi connectivity index (χ3n) is 4.31. The lowest BCUT2D eigenvalue weighted by Crippen LogP contribution is -2.23. The molecule has 2 amide bonds. The first kappa shape index (κ1) is 21.8. The molecule has 31 heavy (non-hydrogen) atoms. The predicted molar refractivity (Wildman–Crippen MR) is 110 cm³/mol. The van der Waals surface area contributed by atoms with Gasteiger partial charge in [-0.2, -0.15) is 8.78 Å². The van der Waals surface area contributed by atoms with Gasteiger partial charge in [0.15, 0.2) is 0 Å². The van der Waals surface area contributed by atoms with Crippen LogP contribution in [0.25, 0.3) is 0 Å². The molecule has 0 bridgehead atoms. The van der Waals surface area contributed by atoms with Crippen LogP contribution in [0.4, 0.5) is 8.78 Å². The average molecular weight is 426 g/mol. The largest absolute Gasteiger partial charge is 0.488 e. The lowest BCUT2D eigenvalue weighted by Gasteiger charge is -2.11. The summed E-state index contributed by atoms with van der Waals surface area (Å²) in [6, 6.07) is 19.6. The van der Waals surface area contributed by atoms with E-state index < -0.39 is 12.5 Å². The molecular weight excluding hydrogens is 406 g/mol. The van der Waals surface area contributed by atoms with E-state index in [-0.39, 0.29) is 30.4 Å². The fourth-order valence-corrected chi connectivity index (χ4v) is 2.88. The number of primary amides is 1. The second-order valence-electron chi connectivity index (χ2n) is 6.56. The van der Waals surface area contributed by atoms with Crippen molar-refractivity contribution >= 4 is 11.8 Å². The number of hydrogen-bond donors (Lipinski definition) is 2. The van der Waals surface area contributed by atoms with Crippen LogP contribution in [0.2, 0.25) is 0 Å². The molecule has 160 valence electrons. The molecule has 0 heterocycles. The van der Waals surface area contributed by atoms with Crippen LogP contribution in [-0.4, -0.2) is 18.4 Å². The van der Waals surface area contributed by atoms with Crippen molar-refractivity contribution in [2.24, 2.45) is 5.73 Å². The van der Waals surface area contributed by atoms with Crippen molar-refractivity contribution in [2.75, 3.05) is 0 Å². The number of benzene rings is 3. The van der Waals surface area contributed by atoms with Gasteiger partial charge < -0.3 is 20.5 Å². The molecule has 0 spiro atoms. The Morgan fingerprint density at radius 3 is 2.45 bits per heavy atom. The Hall–Kier alpha value is -3.94. The Morgan fingerprint density at radius 2 is 1.68 bits per heavy atom. The second-order valence-corrected chi connectivity index (χ2v) is 6.56. The van der Waals surface area contributed by atoms with E-state index in [9.17, 15) is 18.4 Å². The third kappa shape index (κ3) is 6.27. The highest BCUT2D eigenvalue weighted by Gasteiger charge is 2.11. The lowest BCUT2D eigenvalue weighted by atomic mass is 10.1. The van der Waals surface area contributed by atoms with E-state index in [1.165, 1.54) is 12.1 Å². The lowest BCUT2D eigenvalue weighted by molar-refractivity contribution is -0.0498. The number of nitrogens with one attached hydrogen (secondary N) is 1. The quantitative estimate of drug-likeness (QED) is 0.543. The highest BCUT2D eigenvalue weighted by Crippen LogP contribution is 2.19. The number of carbonyl (C=O) groups is 2. The minimum Gasteiger partial charge on any atom is -0.488 e. The Morgan fingerprint density at radius 1 is 0.935 bits per heavy atom. The predicted octanol–water partition coefficient (Wildman–Crippen LogP) is 3.90. The molecule has 0 aliphatic carbocycles. The SMILES string of the molecule is NC(=O)c1ccccc1OCc1cccc(C(=O)NCc2cccc(OC(F)F)c2)c1. The molecule has 0 aliphatic heterocycles. The molecular formula is C23H20F2N2O4. The summed E-state index contributed by atoms with van der Waals surface area (Å²) >= 11 is 0. The molecule has 3 aromatic rings. The Balaban J connectivity index is 1.61. The summed E-state index contributed by atoms with van der Waals surface area (Å²) < 4.78 is 34.7. The number of hydrogen-bond acceptors (Lipinski definition) is 4. The number of carbonyl (C=O) groups excluding carboxylic acids is 2. The summed E-state index contributed by atoms with van der Waals surface area (Å²) in [6.07, 6.45) is 0. The van der Waals surface area contributed by atoms with Gasteiger partial charge in [-0.25, -0.2) is 0 Å². The maximum Gasteiger partial charge on any atom is 0.387 e. The van der Waals surface area contributed by atoms with Crippen molar-refractivity contribution in [3.63, 3.8) is 0 Å². The number of ether oxygens (including phenoxy) is 2.